The zero-order valence-electron chi connectivity index (χ0n) is 10.4. The normalized spacial score (nSPS) is 26.6. The van der Waals surface area contributed by atoms with E-state index in [1.807, 2.05) is 6.92 Å². The summed E-state index contributed by atoms with van der Waals surface area (Å²) in [5, 5.41) is 13.0. The van der Waals surface area contributed by atoms with E-state index in [1.165, 1.54) is 19.4 Å². The van der Waals surface area contributed by atoms with Gasteiger partial charge in [-0.25, -0.2) is 0 Å². The summed E-state index contributed by atoms with van der Waals surface area (Å²) >= 11 is 0. The van der Waals surface area contributed by atoms with Crippen molar-refractivity contribution in [3.63, 3.8) is 0 Å². The van der Waals surface area contributed by atoms with Crippen LogP contribution in [0.1, 0.15) is 33.6 Å². The first-order valence-electron chi connectivity index (χ1n) is 6.28. The molecule has 0 spiro atoms. The maximum Gasteiger partial charge on any atom is 0.0664 e. The Morgan fingerprint density at radius 1 is 1.47 bits per heavy atom. The molecule has 0 aromatic carbocycles. The van der Waals surface area contributed by atoms with Crippen molar-refractivity contribution in [2.24, 2.45) is 5.92 Å². The summed E-state index contributed by atoms with van der Waals surface area (Å²) in [7, 11) is 0. The van der Waals surface area contributed by atoms with E-state index in [4.69, 9.17) is 0 Å². The van der Waals surface area contributed by atoms with Gasteiger partial charge < -0.3 is 10.4 Å². The molecule has 1 heterocycles. The number of rotatable bonds is 5. The molecule has 3 unspecified atom stereocenters. The highest BCUT2D eigenvalue weighted by atomic mass is 16.3. The van der Waals surface area contributed by atoms with E-state index in [1.54, 1.807) is 0 Å². The van der Waals surface area contributed by atoms with Crippen LogP contribution in [0.15, 0.2) is 0 Å². The first-order chi connectivity index (χ1) is 7.15. The lowest BCUT2D eigenvalue weighted by molar-refractivity contribution is 0.0610. The van der Waals surface area contributed by atoms with Gasteiger partial charge in [0.25, 0.3) is 0 Å². The van der Waals surface area contributed by atoms with Crippen LogP contribution in [0.25, 0.3) is 0 Å². The van der Waals surface area contributed by atoms with Crippen LogP contribution in [0.4, 0.5) is 0 Å². The Morgan fingerprint density at radius 2 is 2.20 bits per heavy atom. The van der Waals surface area contributed by atoms with Gasteiger partial charge in [-0.2, -0.15) is 0 Å². The van der Waals surface area contributed by atoms with Crippen molar-refractivity contribution < 1.29 is 5.11 Å². The second-order valence-corrected chi connectivity index (χ2v) is 4.78. The number of hydrogen-bond donors (Lipinski definition) is 2. The lowest BCUT2D eigenvalue weighted by Gasteiger charge is -2.34. The van der Waals surface area contributed by atoms with Crippen molar-refractivity contribution in [3.05, 3.63) is 0 Å². The zero-order chi connectivity index (χ0) is 11.3. The van der Waals surface area contributed by atoms with Crippen molar-refractivity contribution in [2.45, 2.75) is 45.8 Å². The van der Waals surface area contributed by atoms with Gasteiger partial charge in [-0.3, -0.25) is 4.90 Å². The number of aliphatic hydroxyl groups is 1. The highest BCUT2D eigenvalue weighted by Gasteiger charge is 2.21. The van der Waals surface area contributed by atoms with E-state index >= 15 is 0 Å². The second kappa shape index (κ2) is 6.46. The van der Waals surface area contributed by atoms with Crippen molar-refractivity contribution in [1.29, 1.82) is 0 Å². The first kappa shape index (κ1) is 12.9. The summed E-state index contributed by atoms with van der Waals surface area (Å²) in [6.45, 7) is 10.6. The molecule has 0 bridgehead atoms. The SMILES string of the molecule is CCN(CC1CCCNC1)C(C)C(C)O. The zero-order valence-corrected chi connectivity index (χ0v) is 10.4. The number of nitrogens with one attached hydrogen (secondary N) is 1. The van der Waals surface area contributed by atoms with Crippen LogP contribution >= 0.6 is 0 Å². The molecular weight excluding hydrogens is 188 g/mol. The van der Waals surface area contributed by atoms with Gasteiger partial charge in [0, 0.05) is 12.6 Å². The van der Waals surface area contributed by atoms with Gasteiger partial charge in [-0.05, 0) is 52.2 Å². The molecule has 0 aromatic rings. The third kappa shape index (κ3) is 4.09. The van der Waals surface area contributed by atoms with E-state index < -0.39 is 0 Å². The predicted octanol–water partition coefficient (Wildman–Crippen LogP) is 1.08. The van der Waals surface area contributed by atoms with Crippen molar-refractivity contribution in [1.82, 2.24) is 10.2 Å². The summed E-state index contributed by atoms with van der Waals surface area (Å²) in [6.07, 6.45) is 2.39. The maximum absolute atomic E-state index is 9.59. The Balaban J connectivity index is 2.37. The van der Waals surface area contributed by atoms with Crippen LogP contribution in [0.2, 0.25) is 0 Å². The fraction of sp³-hybridized carbons (Fsp3) is 1.00. The fourth-order valence-corrected chi connectivity index (χ4v) is 2.30. The molecule has 15 heavy (non-hydrogen) atoms. The van der Waals surface area contributed by atoms with E-state index in [0.29, 0.717) is 0 Å². The molecule has 2 N–H and O–H groups in total. The monoisotopic (exact) mass is 214 g/mol. The molecule has 0 radical (unpaired) electrons. The molecule has 3 atom stereocenters. The van der Waals surface area contributed by atoms with Crippen LogP contribution in [0, 0.1) is 5.92 Å². The summed E-state index contributed by atoms with van der Waals surface area (Å²) in [5.74, 6) is 0.764. The Kier molecular flexibility index (Phi) is 5.58. The summed E-state index contributed by atoms with van der Waals surface area (Å²) in [5.41, 5.74) is 0. The third-order valence-electron chi connectivity index (χ3n) is 3.57. The third-order valence-corrected chi connectivity index (χ3v) is 3.57. The van der Waals surface area contributed by atoms with Crippen molar-refractivity contribution >= 4 is 0 Å². The van der Waals surface area contributed by atoms with Gasteiger partial charge in [0.15, 0.2) is 0 Å². The Hall–Kier alpha value is -0.120. The van der Waals surface area contributed by atoms with Crippen molar-refractivity contribution in [2.75, 3.05) is 26.2 Å². The van der Waals surface area contributed by atoms with Crippen LogP contribution in [-0.4, -0.2) is 48.3 Å². The van der Waals surface area contributed by atoms with Gasteiger partial charge in [0.05, 0.1) is 6.10 Å². The highest BCUT2D eigenvalue weighted by molar-refractivity contribution is 4.77. The topological polar surface area (TPSA) is 35.5 Å². The minimum absolute atomic E-state index is 0.235. The van der Waals surface area contributed by atoms with E-state index in [9.17, 15) is 5.11 Å². The lowest BCUT2D eigenvalue weighted by Crippen LogP contribution is -2.45. The standard InChI is InChI=1S/C12H26N2O/c1-4-14(10(2)11(3)15)9-12-6-5-7-13-8-12/h10-13,15H,4-9H2,1-3H3. The van der Waals surface area contributed by atoms with Gasteiger partial charge >= 0.3 is 0 Å². The van der Waals surface area contributed by atoms with Crippen LogP contribution in [0.3, 0.4) is 0 Å². The van der Waals surface area contributed by atoms with Gasteiger partial charge in [0.2, 0.25) is 0 Å². The van der Waals surface area contributed by atoms with Crippen molar-refractivity contribution in [3.8, 4) is 0 Å². The molecule has 1 aliphatic rings. The van der Waals surface area contributed by atoms with Crippen LogP contribution in [0.5, 0.6) is 0 Å². The largest absolute Gasteiger partial charge is 0.392 e. The molecule has 1 fully saturated rings. The molecule has 3 nitrogen and oxygen atoms in total. The summed E-state index contributed by atoms with van der Waals surface area (Å²) in [4.78, 5) is 2.39. The molecule has 0 amide bonds. The molecule has 1 aliphatic heterocycles. The van der Waals surface area contributed by atoms with Crippen LogP contribution in [-0.2, 0) is 0 Å². The quantitative estimate of drug-likeness (QED) is 0.719. The summed E-state index contributed by atoms with van der Waals surface area (Å²) in [6, 6.07) is 0.275. The maximum atomic E-state index is 9.59. The second-order valence-electron chi connectivity index (χ2n) is 4.78. The first-order valence-corrected chi connectivity index (χ1v) is 6.28. The molecular formula is C12H26N2O. The average molecular weight is 214 g/mol. The average Bonchev–Trinajstić information content (AvgIpc) is 2.26. The molecule has 0 saturated carbocycles. The van der Waals surface area contributed by atoms with Gasteiger partial charge in [-0.1, -0.05) is 6.92 Å². The lowest BCUT2D eigenvalue weighted by atomic mass is 9.98. The molecule has 3 heteroatoms. The Morgan fingerprint density at radius 3 is 2.67 bits per heavy atom. The molecule has 1 saturated heterocycles. The molecule has 1 rings (SSSR count). The molecule has 90 valence electrons. The highest BCUT2D eigenvalue weighted by Crippen LogP contribution is 2.14. The Bertz CT molecular complexity index is 167. The number of aliphatic hydroxyl groups excluding tert-OH is 1. The minimum Gasteiger partial charge on any atom is -0.392 e. The van der Waals surface area contributed by atoms with E-state index in [-0.39, 0.29) is 12.1 Å². The van der Waals surface area contributed by atoms with E-state index in [2.05, 4.69) is 24.1 Å². The molecule has 0 aromatic heterocycles. The number of likely N-dealkylation sites (N-methyl/N-ethyl adjacent to an activating group) is 1. The smallest absolute Gasteiger partial charge is 0.0664 e. The molecule has 0 aliphatic carbocycles. The minimum atomic E-state index is -0.235. The van der Waals surface area contributed by atoms with Crippen LogP contribution < -0.4 is 5.32 Å². The van der Waals surface area contributed by atoms with Gasteiger partial charge in [-0.15, -0.1) is 0 Å². The van der Waals surface area contributed by atoms with Gasteiger partial charge in [0.1, 0.15) is 0 Å². The summed E-state index contributed by atoms with van der Waals surface area (Å²) < 4.78 is 0. The van der Waals surface area contributed by atoms with E-state index in [0.717, 1.165) is 25.6 Å². The number of nitrogens with zero attached hydrogens (tertiary/aromatic N) is 1. The Labute approximate surface area is 93.9 Å². The predicted molar refractivity (Wildman–Crippen MR) is 64.0 cm³/mol. The number of hydrogen-bond acceptors (Lipinski definition) is 3. The fourth-order valence-electron chi connectivity index (χ4n) is 2.30. The number of piperidine rings is 1.